The molecule has 1 aromatic heterocycles. The zero-order valence-electron chi connectivity index (χ0n) is 14.7. The van der Waals surface area contributed by atoms with Crippen LogP contribution in [0.3, 0.4) is 0 Å². The van der Waals surface area contributed by atoms with Crippen molar-refractivity contribution in [3.05, 3.63) is 35.9 Å². The third-order valence-electron chi connectivity index (χ3n) is 4.31. The molecular weight excluding hydrogens is 352 g/mol. The molecule has 1 fully saturated rings. The van der Waals surface area contributed by atoms with Crippen LogP contribution >= 0.6 is 11.8 Å². The lowest BCUT2D eigenvalue weighted by molar-refractivity contribution is -0.121. The Morgan fingerprint density at radius 3 is 2.62 bits per heavy atom. The van der Waals surface area contributed by atoms with Gasteiger partial charge in [-0.05, 0) is 35.4 Å². The van der Waals surface area contributed by atoms with Gasteiger partial charge in [-0.2, -0.15) is 0 Å². The molecule has 1 aliphatic rings. The Morgan fingerprint density at radius 1 is 1.23 bits per heavy atom. The first-order valence-corrected chi connectivity index (χ1v) is 9.61. The first kappa shape index (κ1) is 18.4. The topological polar surface area (TPSA) is 93.0 Å². The summed E-state index contributed by atoms with van der Waals surface area (Å²) in [6.45, 7) is 1.33. The summed E-state index contributed by atoms with van der Waals surface area (Å²) in [5.74, 6) is 0.718. The highest BCUT2D eigenvalue weighted by atomic mass is 32.2. The maximum atomic E-state index is 12.4. The summed E-state index contributed by atoms with van der Waals surface area (Å²) in [6, 6.07) is 9.44. The quantitative estimate of drug-likeness (QED) is 0.762. The van der Waals surface area contributed by atoms with Crippen LogP contribution in [0.25, 0.3) is 0 Å². The minimum absolute atomic E-state index is 0.0282. The van der Waals surface area contributed by atoms with Gasteiger partial charge in [0.25, 0.3) is 5.91 Å². The van der Waals surface area contributed by atoms with Gasteiger partial charge < -0.3 is 10.2 Å². The highest BCUT2D eigenvalue weighted by Crippen LogP contribution is 2.16. The van der Waals surface area contributed by atoms with E-state index in [-0.39, 0.29) is 17.9 Å². The molecular formula is C17H22N6O2S. The highest BCUT2D eigenvalue weighted by molar-refractivity contribution is 7.99. The highest BCUT2D eigenvalue weighted by Gasteiger charge is 2.24. The number of hydrogen-bond donors (Lipinski definition) is 1. The molecule has 0 atom stereocenters. The number of rotatable bonds is 6. The Labute approximate surface area is 156 Å². The number of carbonyl (C=O) groups excluding carboxylic acids is 2. The molecule has 1 N–H and O–H groups in total. The van der Waals surface area contributed by atoms with Crippen LogP contribution in [-0.2, 0) is 11.8 Å². The van der Waals surface area contributed by atoms with Gasteiger partial charge >= 0.3 is 0 Å². The molecule has 138 valence electrons. The van der Waals surface area contributed by atoms with Gasteiger partial charge in [0, 0.05) is 43.9 Å². The standard InChI is InChI=1S/C17H22N6O2S/c1-22-17(19-20-21-22)26-12-9-15(24)18-14-7-10-23(11-8-14)16(25)13-5-3-2-4-6-13/h2-6,14H,7-12H2,1H3,(H,18,24). The lowest BCUT2D eigenvalue weighted by Gasteiger charge is -2.32. The van der Waals surface area contributed by atoms with Crippen molar-refractivity contribution in [3.63, 3.8) is 0 Å². The molecule has 2 amide bonds. The van der Waals surface area contributed by atoms with E-state index < -0.39 is 0 Å². The molecule has 0 spiro atoms. The van der Waals surface area contributed by atoms with E-state index in [1.165, 1.54) is 11.8 Å². The molecule has 3 rings (SSSR count). The maximum absolute atomic E-state index is 12.4. The average Bonchev–Trinajstić information content (AvgIpc) is 3.07. The van der Waals surface area contributed by atoms with Gasteiger partial charge in [-0.3, -0.25) is 9.59 Å². The molecule has 2 heterocycles. The minimum Gasteiger partial charge on any atom is -0.353 e. The van der Waals surface area contributed by atoms with Crippen molar-refractivity contribution in [1.29, 1.82) is 0 Å². The van der Waals surface area contributed by atoms with Crippen molar-refractivity contribution < 1.29 is 9.59 Å². The fourth-order valence-electron chi connectivity index (χ4n) is 2.87. The number of amides is 2. The lowest BCUT2D eigenvalue weighted by Crippen LogP contribution is -2.46. The van der Waals surface area contributed by atoms with E-state index in [0.717, 1.165) is 12.8 Å². The van der Waals surface area contributed by atoms with Crippen LogP contribution in [0.1, 0.15) is 29.6 Å². The number of nitrogens with one attached hydrogen (secondary N) is 1. The van der Waals surface area contributed by atoms with Crippen molar-refractivity contribution in [3.8, 4) is 0 Å². The number of thioether (sulfide) groups is 1. The molecule has 0 unspecified atom stereocenters. The summed E-state index contributed by atoms with van der Waals surface area (Å²) in [7, 11) is 1.77. The Morgan fingerprint density at radius 2 is 1.96 bits per heavy atom. The smallest absolute Gasteiger partial charge is 0.253 e. The van der Waals surface area contributed by atoms with E-state index in [1.807, 2.05) is 35.2 Å². The number of hydrogen-bond acceptors (Lipinski definition) is 6. The number of aryl methyl sites for hydroxylation is 1. The second-order valence-corrected chi connectivity index (χ2v) is 7.25. The van der Waals surface area contributed by atoms with E-state index in [4.69, 9.17) is 0 Å². The summed E-state index contributed by atoms with van der Waals surface area (Å²) in [6.07, 6.45) is 1.98. The van der Waals surface area contributed by atoms with Crippen molar-refractivity contribution in [1.82, 2.24) is 30.4 Å². The zero-order chi connectivity index (χ0) is 18.4. The maximum Gasteiger partial charge on any atom is 0.253 e. The van der Waals surface area contributed by atoms with Crippen LogP contribution in [0.4, 0.5) is 0 Å². The predicted molar refractivity (Wildman–Crippen MR) is 97.6 cm³/mol. The molecule has 1 aliphatic heterocycles. The van der Waals surface area contributed by atoms with Gasteiger partial charge in [0.05, 0.1) is 0 Å². The van der Waals surface area contributed by atoms with E-state index in [2.05, 4.69) is 20.8 Å². The Bertz CT molecular complexity index is 743. The normalized spacial score (nSPS) is 15.0. The summed E-state index contributed by atoms with van der Waals surface area (Å²) in [5.41, 5.74) is 0.713. The Hall–Kier alpha value is -2.42. The van der Waals surface area contributed by atoms with E-state index in [1.54, 1.807) is 11.7 Å². The molecule has 0 aliphatic carbocycles. The van der Waals surface area contributed by atoms with Crippen LogP contribution in [0.5, 0.6) is 0 Å². The van der Waals surface area contributed by atoms with E-state index in [9.17, 15) is 9.59 Å². The van der Waals surface area contributed by atoms with Crippen LogP contribution < -0.4 is 5.32 Å². The van der Waals surface area contributed by atoms with Gasteiger partial charge in [-0.15, -0.1) is 5.10 Å². The fraction of sp³-hybridized carbons (Fsp3) is 0.471. The van der Waals surface area contributed by atoms with Crippen molar-refractivity contribution in [2.75, 3.05) is 18.8 Å². The number of carbonyl (C=O) groups is 2. The SMILES string of the molecule is Cn1nnnc1SCCC(=O)NC1CCN(C(=O)c2ccccc2)CC1. The van der Waals surface area contributed by atoms with Gasteiger partial charge in [0.1, 0.15) is 0 Å². The molecule has 1 saturated heterocycles. The molecule has 9 heteroatoms. The van der Waals surface area contributed by atoms with E-state index >= 15 is 0 Å². The van der Waals surface area contributed by atoms with Gasteiger partial charge in [-0.1, -0.05) is 30.0 Å². The largest absolute Gasteiger partial charge is 0.353 e. The number of benzene rings is 1. The molecule has 0 saturated carbocycles. The molecule has 1 aromatic carbocycles. The number of aromatic nitrogens is 4. The molecule has 0 radical (unpaired) electrons. The second-order valence-electron chi connectivity index (χ2n) is 6.18. The third kappa shape index (κ3) is 4.81. The Kier molecular flexibility index (Phi) is 6.21. The van der Waals surface area contributed by atoms with Gasteiger partial charge in [0.15, 0.2) is 0 Å². The number of likely N-dealkylation sites (tertiary alicyclic amines) is 1. The first-order chi connectivity index (χ1) is 12.6. The van der Waals surface area contributed by atoms with Crippen molar-refractivity contribution in [2.24, 2.45) is 7.05 Å². The summed E-state index contributed by atoms with van der Waals surface area (Å²) < 4.78 is 1.59. The van der Waals surface area contributed by atoms with Crippen molar-refractivity contribution in [2.45, 2.75) is 30.5 Å². The Balaban J connectivity index is 1.37. The van der Waals surface area contributed by atoms with Crippen molar-refractivity contribution >= 4 is 23.6 Å². The first-order valence-electron chi connectivity index (χ1n) is 8.62. The average molecular weight is 374 g/mol. The van der Waals surface area contributed by atoms with Crippen LogP contribution in [-0.4, -0.2) is 61.8 Å². The van der Waals surface area contributed by atoms with E-state index in [0.29, 0.717) is 36.0 Å². The monoisotopic (exact) mass is 374 g/mol. The number of piperidine rings is 1. The van der Waals surface area contributed by atoms with Crippen LogP contribution in [0.2, 0.25) is 0 Å². The number of tetrazole rings is 1. The minimum atomic E-state index is 0.0282. The molecule has 0 bridgehead atoms. The summed E-state index contributed by atoms with van der Waals surface area (Å²) in [4.78, 5) is 26.4. The van der Waals surface area contributed by atoms with Crippen LogP contribution in [0, 0.1) is 0 Å². The lowest BCUT2D eigenvalue weighted by atomic mass is 10.0. The zero-order valence-corrected chi connectivity index (χ0v) is 15.5. The van der Waals surface area contributed by atoms with Crippen LogP contribution in [0.15, 0.2) is 35.5 Å². The fourth-order valence-corrected chi connectivity index (χ4v) is 3.66. The molecule has 2 aromatic rings. The molecule has 8 nitrogen and oxygen atoms in total. The summed E-state index contributed by atoms with van der Waals surface area (Å²) in [5, 5.41) is 15.0. The van der Waals surface area contributed by atoms with Gasteiger partial charge in [-0.25, -0.2) is 4.68 Å². The summed E-state index contributed by atoms with van der Waals surface area (Å²) >= 11 is 1.46. The second kappa shape index (κ2) is 8.79. The predicted octanol–water partition coefficient (Wildman–Crippen LogP) is 1.11. The third-order valence-corrected chi connectivity index (χ3v) is 5.32. The molecule has 26 heavy (non-hydrogen) atoms. The number of nitrogens with zero attached hydrogens (tertiary/aromatic N) is 5. The van der Waals surface area contributed by atoms with Gasteiger partial charge in [0.2, 0.25) is 11.1 Å².